The van der Waals surface area contributed by atoms with Crippen LogP contribution in [0.4, 0.5) is 11.4 Å². The lowest BCUT2D eigenvalue weighted by Crippen LogP contribution is -2.14. The van der Waals surface area contributed by atoms with Crippen LogP contribution in [0.1, 0.15) is 16.8 Å². The Labute approximate surface area is 156 Å². The number of rotatable bonds is 4. The maximum Gasteiger partial charge on any atom is 0.299 e. The number of nitrogens with two attached hydrogens (primary N) is 1. The second-order valence-corrected chi connectivity index (χ2v) is 7.79. The Balaban J connectivity index is 1.94. The van der Waals surface area contributed by atoms with Gasteiger partial charge in [0.2, 0.25) is 10.0 Å². The number of hydrogen-bond donors (Lipinski definition) is 2. The number of benzene rings is 2. The molecular formula is C18H19N5O3S. The maximum absolute atomic E-state index is 12.7. The first-order valence-corrected chi connectivity index (χ1v) is 9.65. The lowest BCUT2D eigenvalue weighted by molar-refractivity contribution is 0.598. The number of aromatic amines is 1. The standard InChI is InChI=1S/C18H19N5O3S/c1-11-4-7-15(10-12(11)2)23-18(24)17(13(3)22-23)21-20-14-5-8-16(9-6-14)27(19,25)26/h4-10,22H,1-3H3,(H2,19,25,26). The molecule has 3 rings (SSSR count). The van der Waals surface area contributed by atoms with E-state index in [9.17, 15) is 13.2 Å². The number of aryl methyl sites for hydroxylation is 3. The van der Waals surface area contributed by atoms with Crippen LogP contribution in [0.3, 0.4) is 0 Å². The zero-order valence-electron chi connectivity index (χ0n) is 15.1. The Morgan fingerprint density at radius 1 is 0.963 bits per heavy atom. The van der Waals surface area contributed by atoms with Crippen molar-refractivity contribution in [3.05, 3.63) is 69.6 Å². The average molecular weight is 385 g/mol. The largest absolute Gasteiger partial charge is 0.299 e. The molecule has 0 spiro atoms. The molecule has 0 radical (unpaired) electrons. The SMILES string of the molecule is Cc1ccc(-n2[nH]c(C)c(N=Nc3ccc(S(N)(=O)=O)cc3)c2=O)cc1C. The van der Waals surface area contributed by atoms with Gasteiger partial charge in [-0.05, 0) is 68.3 Å². The molecule has 0 fully saturated rings. The quantitative estimate of drug-likeness (QED) is 0.671. The average Bonchev–Trinajstić information content (AvgIpc) is 2.89. The van der Waals surface area contributed by atoms with E-state index in [1.165, 1.54) is 28.9 Å². The molecule has 0 aliphatic rings. The van der Waals surface area contributed by atoms with Gasteiger partial charge < -0.3 is 0 Å². The maximum atomic E-state index is 12.7. The molecule has 9 heteroatoms. The lowest BCUT2D eigenvalue weighted by Gasteiger charge is -2.05. The molecule has 3 aromatic rings. The highest BCUT2D eigenvalue weighted by Crippen LogP contribution is 2.21. The number of nitrogens with zero attached hydrogens (tertiary/aromatic N) is 3. The van der Waals surface area contributed by atoms with Gasteiger partial charge in [-0.2, -0.15) is 5.11 Å². The van der Waals surface area contributed by atoms with E-state index in [1.807, 2.05) is 32.0 Å². The van der Waals surface area contributed by atoms with E-state index < -0.39 is 10.0 Å². The highest BCUT2D eigenvalue weighted by Gasteiger charge is 2.13. The highest BCUT2D eigenvalue weighted by molar-refractivity contribution is 7.89. The second kappa shape index (κ2) is 6.93. The summed E-state index contributed by atoms with van der Waals surface area (Å²) in [6.07, 6.45) is 0. The predicted octanol–water partition coefficient (Wildman–Crippen LogP) is 3.15. The Bertz CT molecular complexity index is 1190. The van der Waals surface area contributed by atoms with Gasteiger partial charge in [-0.25, -0.2) is 18.2 Å². The molecule has 0 unspecified atom stereocenters. The van der Waals surface area contributed by atoms with Gasteiger partial charge in [0, 0.05) is 0 Å². The molecule has 0 saturated carbocycles. The van der Waals surface area contributed by atoms with E-state index in [0.29, 0.717) is 17.1 Å². The van der Waals surface area contributed by atoms with Crippen molar-refractivity contribution in [1.82, 2.24) is 9.78 Å². The minimum atomic E-state index is -3.76. The van der Waals surface area contributed by atoms with Crippen molar-refractivity contribution < 1.29 is 8.42 Å². The van der Waals surface area contributed by atoms with Crippen LogP contribution in [-0.4, -0.2) is 18.2 Å². The van der Waals surface area contributed by atoms with Gasteiger partial charge in [0.25, 0.3) is 5.56 Å². The Morgan fingerprint density at radius 3 is 2.22 bits per heavy atom. The molecule has 0 atom stereocenters. The fourth-order valence-electron chi connectivity index (χ4n) is 2.51. The van der Waals surface area contributed by atoms with E-state index in [1.54, 1.807) is 6.92 Å². The lowest BCUT2D eigenvalue weighted by atomic mass is 10.1. The van der Waals surface area contributed by atoms with Crippen LogP contribution in [0.15, 0.2) is 62.4 Å². The topological polar surface area (TPSA) is 123 Å². The minimum absolute atomic E-state index is 0.0172. The monoisotopic (exact) mass is 385 g/mol. The molecule has 140 valence electrons. The van der Waals surface area contributed by atoms with Crippen LogP contribution in [0.2, 0.25) is 0 Å². The van der Waals surface area contributed by atoms with Crippen molar-refractivity contribution in [3.63, 3.8) is 0 Å². The van der Waals surface area contributed by atoms with E-state index in [4.69, 9.17) is 5.14 Å². The smallest absolute Gasteiger partial charge is 0.293 e. The van der Waals surface area contributed by atoms with Crippen molar-refractivity contribution in [2.75, 3.05) is 0 Å². The van der Waals surface area contributed by atoms with Crippen molar-refractivity contribution in [1.29, 1.82) is 0 Å². The molecule has 0 bridgehead atoms. The van der Waals surface area contributed by atoms with Crippen LogP contribution in [0.5, 0.6) is 0 Å². The molecular weight excluding hydrogens is 366 g/mol. The molecule has 2 aromatic carbocycles. The van der Waals surface area contributed by atoms with E-state index in [-0.39, 0.29) is 16.1 Å². The van der Waals surface area contributed by atoms with Gasteiger partial charge in [0.05, 0.1) is 22.0 Å². The van der Waals surface area contributed by atoms with Crippen LogP contribution >= 0.6 is 0 Å². The van der Waals surface area contributed by atoms with Gasteiger partial charge in [-0.1, -0.05) is 6.07 Å². The van der Waals surface area contributed by atoms with Gasteiger partial charge in [-0.3, -0.25) is 9.89 Å². The van der Waals surface area contributed by atoms with Gasteiger partial charge >= 0.3 is 0 Å². The molecule has 0 aliphatic heterocycles. The summed E-state index contributed by atoms with van der Waals surface area (Å²) in [7, 11) is -3.76. The van der Waals surface area contributed by atoms with Crippen LogP contribution in [0, 0.1) is 20.8 Å². The summed E-state index contributed by atoms with van der Waals surface area (Å²) in [6, 6.07) is 11.3. The summed E-state index contributed by atoms with van der Waals surface area (Å²) in [5, 5.41) is 16.1. The summed E-state index contributed by atoms with van der Waals surface area (Å²) in [6.45, 7) is 5.71. The predicted molar refractivity (Wildman–Crippen MR) is 103 cm³/mol. The zero-order chi connectivity index (χ0) is 19.8. The number of primary sulfonamides is 1. The van der Waals surface area contributed by atoms with Crippen molar-refractivity contribution in [2.24, 2.45) is 15.4 Å². The zero-order valence-corrected chi connectivity index (χ0v) is 15.9. The van der Waals surface area contributed by atoms with E-state index in [2.05, 4.69) is 15.3 Å². The number of aromatic nitrogens is 2. The van der Waals surface area contributed by atoms with Crippen LogP contribution in [-0.2, 0) is 10.0 Å². The van der Waals surface area contributed by atoms with Crippen LogP contribution in [0.25, 0.3) is 5.69 Å². The second-order valence-electron chi connectivity index (χ2n) is 6.23. The molecule has 0 aliphatic carbocycles. The summed E-state index contributed by atoms with van der Waals surface area (Å²) in [5.74, 6) is 0. The van der Waals surface area contributed by atoms with Crippen molar-refractivity contribution in [3.8, 4) is 5.69 Å². The molecule has 0 amide bonds. The number of hydrogen-bond acceptors (Lipinski definition) is 5. The minimum Gasteiger partial charge on any atom is -0.293 e. The molecule has 1 heterocycles. The number of azo groups is 1. The Hall–Kier alpha value is -3.04. The fourth-order valence-corrected chi connectivity index (χ4v) is 3.03. The first-order chi connectivity index (χ1) is 12.7. The van der Waals surface area contributed by atoms with Gasteiger partial charge in [0.1, 0.15) is 0 Å². The fraction of sp³-hybridized carbons (Fsp3) is 0.167. The molecule has 8 nitrogen and oxygen atoms in total. The summed E-state index contributed by atoms with van der Waals surface area (Å²) in [5.41, 5.74) is 3.76. The third kappa shape index (κ3) is 3.88. The summed E-state index contributed by atoms with van der Waals surface area (Å²) >= 11 is 0. The number of nitrogens with one attached hydrogen (secondary N) is 1. The third-order valence-electron chi connectivity index (χ3n) is 4.22. The molecule has 3 N–H and O–H groups in total. The third-order valence-corrected chi connectivity index (χ3v) is 5.15. The summed E-state index contributed by atoms with van der Waals surface area (Å²) in [4.78, 5) is 12.7. The highest BCUT2D eigenvalue weighted by atomic mass is 32.2. The van der Waals surface area contributed by atoms with E-state index >= 15 is 0 Å². The Kier molecular flexibility index (Phi) is 4.81. The number of H-pyrrole nitrogens is 1. The Morgan fingerprint density at radius 2 is 1.63 bits per heavy atom. The summed E-state index contributed by atoms with van der Waals surface area (Å²) < 4.78 is 24.0. The van der Waals surface area contributed by atoms with Crippen molar-refractivity contribution in [2.45, 2.75) is 25.7 Å². The number of sulfonamides is 1. The first-order valence-electron chi connectivity index (χ1n) is 8.10. The van der Waals surface area contributed by atoms with E-state index in [0.717, 1.165) is 11.1 Å². The van der Waals surface area contributed by atoms with Crippen LogP contribution < -0.4 is 10.7 Å². The first kappa shape index (κ1) is 18.7. The molecule has 27 heavy (non-hydrogen) atoms. The van der Waals surface area contributed by atoms with Gasteiger partial charge in [0.15, 0.2) is 5.69 Å². The molecule has 1 aromatic heterocycles. The normalized spacial score (nSPS) is 12.0. The molecule has 0 saturated heterocycles. The van der Waals surface area contributed by atoms with Crippen molar-refractivity contribution >= 4 is 21.4 Å². The van der Waals surface area contributed by atoms with Gasteiger partial charge in [-0.15, -0.1) is 5.11 Å².